The average Bonchev–Trinajstić information content (AvgIpc) is 2.43. The van der Waals surface area contributed by atoms with Crippen LogP contribution in [-0.4, -0.2) is 38.1 Å². The first-order chi connectivity index (χ1) is 8.99. The average molecular weight is 266 g/mol. The molecule has 1 aromatic rings. The van der Waals surface area contributed by atoms with Crippen molar-refractivity contribution in [3.8, 4) is 11.5 Å². The summed E-state index contributed by atoms with van der Waals surface area (Å²) < 4.78 is 10.7. The number of amides is 1. The largest absolute Gasteiger partial charge is 0.493 e. The molecule has 5 heteroatoms. The second-order valence-corrected chi connectivity index (χ2v) is 4.40. The van der Waals surface area contributed by atoms with Crippen molar-refractivity contribution >= 4 is 5.91 Å². The lowest BCUT2D eigenvalue weighted by atomic mass is 10.1. The standard InChI is InChI=1S/C14H22N2O3/c1-5-16(3)14(17)9-19-12-7-6-11(10(2)15)8-13(12)18-4/h6-8,10H,5,9,15H2,1-4H3/t10-/m1/s1. The van der Waals surface area contributed by atoms with Crippen LogP contribution in [0.1, 0.15) is 25.5 Å². The molecule has 1 aromatic carbocycles. The van der Waals surface area contributed by atoms with Crippen molar-refractivity contribution in [1.82, 2.24) is 4.90 Å². The maximum Gasteiger partial charge on any atom is 0.260 e. The van der Waals surface area contributed by atoms with Crippen LogP contribution >= 0.6 is 0 Å². The normalized spacial score (nSPS) is 11.8. The van der Waals surface area contributed by atoms with Gasteiger partial charge < -0.3 is 20.1 Å². The van der Waals surface area contributed by atoms with Gasteiger partial charge in [-0.25, -0.2) is 0 Å². The monoisotopic (exact) mass is 266 g/mol. The number of nitrogens with zero attached hydrogens (tertiary/aromatic N) is 1. The van der Waals surface area contributed by atoms with Gasteiger partial charge in [0.2, 0.25) is 0 Å². The lowest BCUT2D eigenvalue weighted by Crippen LogP contribution is -2.31. The maximum atomic E-state index is 11.7. The van der Waals surface area contributed by atoms with Gasteiger partial charge in [0.05, 0.1) is 7.11 Å². The Hall–Kier alpha value is -1.75. The third-order valence-corrected chi connectivity index (χ3v) is 2.96. The van der Waals surface area contributed by atoms with Gasteiger partial charge in [-0.15, -0.1) is 0 Å². The highest BCUT2D eigenvalue weighted by atomic mass is 16.5. The molecule has 0 radical (unpaired) electrons. The molecule has 0 unspecified atom stereocenters. The van der Waals surface area contributed by atoms with E-state index in [-0.39, 0.29) is 18.6 Å². The fourth-order valence-corrected chi connectivity index (χ4v) is 1.51. The molecule has 0 spiro atoms. The second-order valence-electron chi connectivity index (χ2n) is 4.40. The van der Waals surface area contributed by atoms with Crippen LogP contribution in [0.2, 0.25) is 0 Å². The molecule has 19 heavy (non-hydrogen) atoms. The van der Waals surface area contributed by atoms with E-state index in [2.05, 4.69) is 0 Å². The van der Waals surface area contributed by atoms with Crippen molar-refractivity contribution in [1.29, 1.82) is 0 Å². The Labute approximate surface area is 114 Å². The van der Waals surface area contributed by atoms with Crippen molar-refractivity contribution < 1.29 is 14.3 Å². The van der Waals surface area contributed by atoms with Crippen LogP contribution in [0.4, 0.5) is 0 Å². The number of methoxy groups -OCH3 is 1. The minimum atomic E-state index is -0.0733. The zero-order valence-electron chi connectivity index (χ0n) is 12.0. The molecule has 0 saturated heterocycles. The molecule has 1 atom stereocenters. The van der Waals surface area contributed by atoms with Gasteiger partial charge in [0.25, 0.3) is 5.91 Å². The molecule has 106 valence electrons. The highest BCUT2D eigenvalue weighted by molar-refractivity contribution is 5.77. The molecule has 0 aliphatic rings. The first kappa shape index (κ1) is 15.3. The van der Waals surface area contributed by atoms with Crippen LogP contribution in [0.5, 0.6) is 11.5 Å². The molecule has 0 aliphatic heterocycles. The highest BCUT2D eigenvalue weighted by Crippen LogP contribution is 2.29. The zero-order chi connectivity index (χ0) is 14.4. The molecule has 0 aromatic heterocycles. The summed E-state index contributed by atoms with van der Waals surface area (Å²) in [5.41, 5.74) is 6.77. The molecule has 5 nitrogen and oxygen atoms in total. The van der Waals surface area contributed by atoms with E-state index >= 15 is 0 Å². The number of hydrogen-bond acceptors (Lipinski definition) is 4. The molecule has 0 heterocycles. The lowest BCUT2D eigenvalue weighted by Gasteiger charge is -2.16. The minimum absolute atomic E-state index is 0.00176. The Balaban J connectivity index is 2.76. The lowest BCUT2D eigenvalue weighted by molar-refractivity contribution is -0.131. The van der Waals surface area contributed by atoms with Gasteiger partial charge in [0, 0.05) is 19.6 Å². The molecule has 1 amide bonds. The predicted octanol–water partition coefficient (Wildman–Crippen LogP) is 1.57. The maximum absolute atomic E-state index is 11.7. The number of likely N-dealkylation sites (N-methyl/N-ethyl adjacent to an activating group) is 1. The molecular weight excluding hydrogens is 244 g/mol. The molecule has 0 bridgehead atoms. The number of hydrogen-bond donors (Lipinski definition) is 1. The third-order valence-electron chi connectivity index (χ3n) is 2.96. The molecular formula is C14H22N2O3. The quantitative estimate of drug-likeness (QED) is 0.849. The van der Waals surface area contributed by atoms with Gasteiger partial charge in [0.1, 0.15) is 0 Å². The predicted molar refractivity (Wildman–Crippen MR) is 74.4 cm³/mol. The summed E-state index contributed by atoms with van der Waals surface area (Å²) in [5.74, 6) is 1.06. The van der Waals surface area contributed by atoms with Crippen molar-refractivity contribution in [2.75, 3.05) is 27.3 Å². The summed E-state index contributed by atoms with van der Waals surface area (Å²) in [6, 6.07) is 5.40. The van der Waals surface area contributed by atoms with E-state index in [0.717, 1.165) is 5.56 Å². The van der Waals surface area contributed by atoms with Crippen LogP contribution in [0.3, 0.4) is 0 Å². The van der Waals surface area contributed by atoms with E-state index in [0.29, 0.717) is 18.0 Å². The summed E-state index contributed by atoms with van der Waals surface area (Å²) in [6.45, 7) is 4.46. The molecule has 0 aliphatic carbocycles. The SMILES string of the molecule is CCN(C)C(=O)COc1ccc([C@@H](C)N)cc1OC. The van der Waals surface area contributed by atoms with E-state index in [1.807, 2.05) is 26.0 Å². The summed E-state index contributed by atoms with van der Waals surface area (Å²) in [5, 5.41) is 0. The van der Waals surface area contributed by atoms with Crippen LogP contribution in [0, 0.1) is 0 Å². The molecule has 0 saturated carbocycles. The van der Waals surface area contributed by atoms with Gasteiger partial charge in [-0.05, 0) is 31.5 Å². The van der Waals surface area contributed by atoms with Gasteiger partial charge in [-0.2, -0.15) is 0 Å². The van der Waals surface area contributed by atoms with Crippen LogP contribution < -0.4 is 15.2 Å². The van der Waals surface area contributed by atoms with Gasteiger partial charge >= 0.3 is 0 Å². The first-order valence-corrected chi connectivity index (χ1v) is 6.29. The van der Waals surface area contributed by atoms with Crippen LogP contribution in [0.25, 0.3) is 0 Å². The van der Waals surface area contributed by atoms with E-state index in [1.165, 1.54) is 0 Å². The summed E-state index contributed by atoms with van der Waals surface area (Å²) in [4.78, 5) is 13.3. The van der Waals surface area contributed by atoms with E-state index in [4.69, 9.17) is 15.2 Å². The smallest absolute Gasteiger partial charge is 0.260 e. The molecule has 2 N–H and O–H groups in total. The van der Waals surface area contributed by atoms with Crippen molar-refractivity contribution in [2.24, 2.45) is 5.73 Å². The highest BCUT2D eigenvalue weighted by Gasteiger charge is 2.11. The van der Waals surface area contributed by atoms with Crippen molar-refractivity contribution in [2.45, 2.75) is 19.9 Å². The number of benzene rings is 1. The van der Waals surface area contributed by atoms with Crippen LogP contribution in [0.15, 0.2) is 18.2 Å². The number of ether oxygens (including phenoxy) is 2. The second kappa shape index (κ2) is 6.99. The number of rotatable bonds is 6. The van der Waals surface area contributed by atoms with Gasteiger partial charge in [0.15, 0.2) is 18.1 Å². The third kappa shape index (κ3) is 4.13. The number of carbonyl (C=O) groups excluding carboxylic acids is 1. The summed E-state index contributed by atoms with van der Waals surface area (Å²) in [6.07, 6.45) is 0. The Kier molecular flexibility index (Phi) is 5.63. The fourth-order valence-electron chi connectivity index (χ4n) is 1.51. The number of nitrogens with two attached hydrogens (primary N) is 1. The minimum Gasteiger partial charge on any atom is -0.493 e. The molecule has 0 fully saturated rings. The Morgan fingerprint density at radius 2 is 2.11 bits per heavy atom. The Morgan fingerprint density at radius 1 is 1.42 bits per heavy atom. The summed E-state index contributed by atoms with van der Waals surface area (Å²) in [7, 11) is 3.30. The first-order valence-electron chi connectivity index (χ1n) is 6.29. The van der Waals surface area contributed by atoms with E-state index in [9.17, 15) is 4.79 Å². The van der Waals surface area contributed by atoms with Gasteiger partial charge in [-0.1, -0.05) is 6.07 Å². The summed E-state index contributed by atoms with van der Waals surface area (Å²) >= 11 is 0. The Morgan fingerprint density at radius 3 is 2.63 bits per heavy atom. The van der Waals surface area contributed by atoms with Gasteiger partial charge in [-0.3, -0.25) is 4.79 Å². The van der Waals surface area contributed by atoms with E-state index in [1.54, 1.807) is 25.1 Å². The van der Waals surface area contributed by atoms with E-state index < -0.39 is 0 Å². The van der Waals surface area contributed by atoms with Crippen molar-refractivity contribution in [3.63, 3.8) is 0 Å². The van der Waals surface area contributed by atoms with Crippen LogP contribution in [-0.2, 0) is 4.79 Å². The molecule has 1 rings (SSSR count). The topological polar surface area (TPSA) is 64.8 Å². The number of carbonyl (C=O) groups is 1. The Bertz CT molecular complexity index is 433. The van der Waals surface area contributed by atoms with Crippen molar-refractivity contribution in [3.05, 3.63) is 23.8 Å². The fraction of sp³-hybridized carbons (Fsp3) is 0.500. The zero-order valence-corrected chi connectivity index (χ0v) is 12.0.